The van der Waals surface area contributed by atoms with Crippen molar-refractivity contribution in [3.63, 3.8) is 0 Å². The lowest BCUT2D eigenvalue weighted by Crippen LogP contribution is -2.46. The fraction of sp³-hybridized carbons (Fsp3) is 0.440. The molecule has 1 heterocycles. The second-order valence-electron chi connectivity index (χ2n) is 8.85. The summed E-state index contributed by atoms with van der Waals surface area (Å²) < 4.78 is 41.7. The Morgan fingerprint density at radius 3 is 2.19 bits per heavy atom. The monoisotopic (exact) mass is 533 g/mol. The SMILES string of the molecule is COc1ccc(CN2CCN(C(C)c3ccc(C(=O)N=C(N)N)cc3S(C)(=O)=O)CC2)c(OC)c1OC. The lowest BCUT2D eigenvalue weighted by Gasteiger charge is -2.38. The number of amides is 1. The molecule has 12 heteroatoms. The second kappa shape index (κ2) is 11.8. The first-order chi connectivity index (χ1) is 17.5. The van der Waals surface area contributed by atoms with E-state index >= 15 is 0 Å². The summed E-state index contributed by atoms with van der Waals surface area (Å²) in [6, 6.07) is 8.21. The van der Waals surface area contributed by atoms with Crippen molar-refractivity contribution in [2.24, 2.45) is 16.5 Å². The summed E-state index contributed by atoms with van der Waals surface area (Å²) in [7, 11) is 1.16. The summed E-state index contributed by atoms with van der Waals surface area (Å²) >= 11 is 0. The Bertz CT molecular complexity index is 1270. The minimum atomic E-state index is -3.61. The minimum Gasteiger partial charge on any atom is -0.493 e. The van der Waals surface area contributed by atoms with Gasteiger partial charge in [0, 0.05) is 56.1 Å². The maximum atomic E-state index is 12.6. The molecule has 0 saturated carbocycles. The highest BCUT2D eigenvalue weighted by molar-refractivity contribution is 7.90. The van der Waals surface area contributed by atoms with Crippen LogP contribution < -0.4 is 25.7 Å². The molecule has 1 unspecified atom stereocenters. The van der Waals surface area contributed by atoms with E-state index in [9.17, 15) is 13.2 Å². The van der Waals surface area contributed by atoms with E-state index in [1.807, 2.05) is 19.1 Å². The van der Waals surface area contributed by atoms with Gasteiger partial charge in [0.05, 0.1) is 26.2 Å². The molecule has 0 spiro atoms. The Kier molecular flexibility index (Phi) is 9.00. The van der Waals surface area contributed by atoms with Crippen molar-refractivity contribution >= 4 is 21.7 Å². The number of hydrogen-bond donors (Lipinski definition) is 2. The molecule has 37 heavy (non-hydrogen) atoms. The molecule has 1 atom stereocenters. The van der Waals surface area contributed by atoms with Gasteiger partial charge in [0.15, 0.2) is 27.3 Å². The molecule has 1 fully saturated rings. The highest BCUT2D eigenvalue weighted by Gasteiger charge is 2.27. The van der Waals surface area contributed by atoms with Crippen LogP contribution in [0.15, 0.2) is 40.2 Å². The first-order valence-electron chi connectivity index (χ1n) is 11.7. The second-order valence-corrected chi connectivity index (χ2v) is 10.8. The van der Waals surface area contributed by atoms with Crippen LogP contribution in [0.1, 0.15) is 34.5 Å². The third kappa shape index (κ3) is 6.51. The molecule has 1 aliphatic heterocycles. The van der Waals surface area contributed by atoms with Crippen molar-refractivity contribution in [3.8, 4) is 17.2 Å². The zero-order valence-electron chi connectivity index (χ0n) is 21.9. The van der Waals surface area contributed by atoms with Crippen molar-refractivity contribution in [2.75, 3.05) is 53.8 Å². The summed E-state index contributed by atoms with van der Waals surface area (Å²) in [5.41, 5.74) is 12.3. The van der Waals surface area contributed by atoms with Crippen molar-refractivity contribution in [3.05, 3.63) is 47.0 Å². The number of sulfone groups is 1. The molecule has 0 radical (unpaired) electrons. The van der Waals surface area contributed by atoms with Crippen LogP contribution in [0.4, 0.5) is 0 Å². The molecule has 202 valence electrons. The van der Waals surface area contributed by atoms with E-state index in [1.165, 1.54) is 6.07 Å². The van der Waals surface area contributed by atoms with Gasteiger partial charge in [-0.2, -0.15) is 4.99 Å². The van der Waals surface area contributed by atoms with Crippen molar-refractivity contribution < 1.29 is 27.4 Å². The number of rotatable bonds is 9. The van der Waals surface area contributed by atoms with Crippen LogP contribution in [0, 0.1) is 0 Å². The average Bonchev–Trinajstić information content (AvgIpc) is 2.87. The van der Waals surface area contributed by atoms with Gasteiger partial charge in [-0.25, -0.2) is 8.42 Å². The Morgan fingerprint density at radius 2 is 1.65 bits per heavy atom. The van der Waals surface area contributed by atoms with E-state index in [-0.39, 0.29) is 22.5 Å². The fourth-order valence-corrected chi connectivity index (χ4v) is 5.56. The van der Waals surface area contributed by atoms with Crippen LogP contribution in [-0.4, -0.2) is 83.8 Å². The summed E-state index contributed by atoms with van der Waals surface area (Å²) in [6.45, 7) is 5.65. The lowest BCUT2D eigenvalue weighted by atomic mass is 10.0. The maximum absolute atomic E-state index is 12.6. The Balaban J connectivity index is 1.76. The highest BCUT2D eigenvalue weighted by atomic mass is 32.2. The van der Waals surface area contributed by atoms with Crippen LogP contribution in [0.2, 0.25) is 0 Å². The van der Waals surface area contributed by atoms with E-state index in [2.05, 4.69) is 14.8 Å². The number of nitrogens with two attached hydrogens (primary N) is 2. The van der Waals surface area contributed by atoms with E-state index in [0.29, 0.717) is 29.4 Å². The predicted molar refractivity (Wildman–Crippen MR) is 141 cm³/mol. The predicted octanol–water partition coefficient (Wildman–Crippen LogP) is 1.41. The quantitative estimate of drug-likeness (QED) is 0.358. The van der Waals surface area contributed by atoms with Crippen molar-refractivity contribution in [2.45, 2.75) is 24.4 Å². The number of nitrogens with zero attached hydrogens (tertiary/aromatic N) is 3. The zero-order chi connectivity index (χ0) is 27.3. The number of carbonyl (C=O) groups excluding carboxylic acids is 1. The van der Waals surface area contributed by atoms with Gasteiger partial charge in [-0.15, -0.1) is 0 Å². The van der Waals surface area contributed by atoms with E-state index < -0.39 is 15.7 Å². The Morgan fingerprint density at radius 1 is 1.00 bits per heavy atom. The summed E-state index contributed by atoms with van der Waals surface area (Å²) in [5, 5.41) is 0. The van der Waals surface area contributed by atoms with Crippen LogP contribution in [-0.2, 0) is 16.4 Å². The van der Waals surface area contributed by atoms with Gasteiger partial charge in [-0.3, -0.25) is 14.6 Å². The lowest BCUT2D eigenvalue weighted by molar-refractivity contribution is 0.0961. The van der Waals surface area contributed by atoms with Gasteiger partial charge < -0.3 is 25.7 Å². The summed E-state index contributed by atoms with van der Waals surface area (Å²) in [5.74, 6) is 0.736. The molecule has 0 bridgehead atoms. The Hall–Kier alpha value is -3.35. The molecular weight excluding hydrogens is 498 g/mol. The van der Waals surface area contributed by atoms with Gasteiger partial charge in [0.1, 0.15) is 0 Å². The number of carbonyl (C=O) groups is 1. The first kappa shape index (κ1) is 28.2. The van der Waals surface area contributed by atoms with Crippen molar-refractivity contribution in [1.29, 1.82) is 0 Å². The van der Waals surface area contributed by atoms with E-state index in [0.717, 1.165) is 38.0 Å². The number of hydrogen-bond acceptors (Lipinski definition) is 8. The molecule has 1 amide bonds. The summed E-state index contributed by atoms with van der Waals surface area (Å²) in [6.07, 6.45) is 1.13. The number of ether oxygens (including phenoxy) is 3. The minimum absolute atomic E-state index is 0.0918. The number of piperazine rings is 1. The number of guanidine groups is 1. The number of benzene rings is 2. The first-order valence-corrected chi connectivity index (χ1v) is 13.6. The number of aliphatic imine (C=N–C) groups is 1. The standard InChI is InChI=1S/C25H35N5O6S/c1-16(19-8-6-17(24(31)28-25(26)27)14-21(19)37(5,32)33)30-12-10-29(11-13-30)15-18-7-9-20(34-2)23(36-4)22(18)35-3/h6-9,14,16H,10-13,15H2,1-5H3,(H4,26,27,28,31). The average molecular weight is 534 g/mol. The van der Waals surface area contributed by atoms with Gasteiger partial charge in [-0.1, -0.05) is 12.1 Å². The van der Waals surface area contributed by atoms with Gasteiger partial charge >= 0.3 is 0 Å². The third-order valence-corrected chi connectivity index (χ3v) is 7.63. The normalized spacial score (nSPS) is 15.6. The molecule has 3 rings (SSSR count). The smallest absolute Gasteiger partial charge is 0.280 e. The van der Waals surface area contributed by atoms with Gasteiger partial charge in [-0.05, 0) is 30.7 Å². The molecule has 1 aliphatic rings. The Labute approximate surface area is 217 Å². The molecule has 11 nitrogen and oxygen atoms in total. The molecule has 1 saturated heterocycles. The van der Waals surface area contributed by atoms with Gasteiger partial charge in [0.25, 0.3) is 5.91 Å². The maximum Gasteiger partial charge on any atom is 0.280 e. The number of methoxy groups -OCH3 is 3. The highest BCUT2D eigenvalue weighted by Crippen LogP contribution is 2.40. The summed E-state index contributed by atoms with van der Waals surface area (Å²) in [4.78, 5) is 20.4. The van der Waals surface area contributed by atoms with E-state index in [4.69, 9.17) is 25.7 Å². The largest absolute Gasteiger partial charge is 0.493 e. The van der Waals surface area contributed by atoms with Crippen LogP contribution in [0.25, 0.3) is 0 Å². The molecule has 4 N–H and O–H groups in total. The van der Waals surface area contributed by atoms with Gasteiger partial charge in [0.2, 0.25) is 5.75 Å². The van der Waals surface area contributed by atoms with Crippen LogP contribution in [0.5, 0.6) is 17.2 Å². The molecular formula is C25H35N5O6S. The topological polar surface area (TPSA) is 150 Å². The van der Waals surface area contributed by atoms with Crippen LogP contribution >= 0.6 is 0 Å². The molecule has 0 aliphatic carbocycles. The zero-order valence-corrected chi connectivity index (χ0v) is 22.7. The molecule has 2 aromatic rings. The third-order valence-electron chi connectivity index (χ3n) is 6.48. The van der Waals surface area contributed by atoms with E-state index in [1.54, 1.807) is 33.5 Å². The van der Waals surface area contributed by atoms with Crippen molar-refractivity contribution in [1.82, 2.24) is 9.80 Å². The molecule has 2 aromatic carbocycles. The fourth-order valence-electron chi connectivity index (χ4n) is 4.55. The van der Waals surface area contributed by atoms with Crippen LogP contribution in [0.3, 0.4) is 0 Å². The molecule has 0 aromatic heterocycles.